The van der Waals surface area contributed by atoms with Crippen molar-refractivity contribution in [1.29, 1.82) is 0 Å². The Labute approximate surface area is 150 Å². The molecule has 0 radical (unpaired) electrons. The van der Waals surface area contributed by atoms with E-state index in [-0.39, 0.29) is 6.10 Å². The first kappa shape index (κ1) is 16.9. The summed E-state index contributed by atoms with van der Waals surface area (Å²) in [7, 11) is 1.69. The first-order chi connectivity index (χ1) is 12.2. The molecule has 0 bridgehead atoms. The molecule has 1 aromatic rings. The Kier molecular flexibility index (Phi) is 4.98. The van der Waals surface area contributed by atoms with E-state index in [1.807, 2.05) is 12.1 Å². The van der Waals surface area contributed by atoms with Crippen LogP contribution in [0.5, 0.6) is 5.75 Å². The highest BCUT2D eigenvalue weighted by molar-refractivity contribution is 5.81. The summed E-state index contributed by atoms with van der Waals surface area (Å²) in [6.07, 6.45) is 7.04. The monoisotopic (exact) mass is 343 g/mol. The maximum atomic E-state index is 12.5. The van der Waals surface area contributed by atoms with E-state index in [4.69, 9.17) is 9.47 Å². The van der Waals surface area contributed by atoms with Crippen molar-refractivity contribution in [3.8, 4) is 5.75 Å². The second-order valence-corrected chi connectivity index (χ2v) is 7.97. The van der Waals surface area contributed by atoms with Gasteiger partial charge in [-0.1, -0.05) is 12.1 Å². The van der Waals surface area contributed by atoms with Gasteiger partial charge in [0, 0.05) is 31.5 Å². The number of ether oxygens (including phenoxy) is 2. The van der Waals surface area contributed by atoms with E-state index >= 15 is 0 Å². The Balaban J connectivity index is 1.41. The van der Waals surface area contributed by atoms with Crippen LogP contribution in [0, 0.1) is 17.8 Å². The van der Waals surface area contributed by atoms with Gasteiger partial charge in [0.2, 0.25) is 5.91 Å². The number of nitrogens with zero attached hydrogens (tertiary/aromatic N) is 1. The zero-order valence-electron chi connectivity index (χ0n) is 15.2. The molecule has 2 saturated carbocycles. The average molecular weight is 343 g/mol. The lowest BCUT2D eigenvalue weighted by Crippen LogP contribution is -2.48. The van der Waals surface area contributed by atoms with E-state index in [0.717, 1.165) is 57.0 Å². The molecule has 0 spiro atoms. The van der Waals surface area contributed by atoms with Crippen LogP contribution in [-0.4, -0.2) is 43.7 Å². The number of hydrogen-bond donors (Lipinski definition) is 0. The fraction of sp³-hybridized carbons (Fsp3) is 0.667. The molecular formula is C21H29NO3. The summed E-state index contributed by atoms with van der Waals surface area (Å²) in [5.41, 5.74) is 1.30. The third kappa shape index (κ3) is 4.35. The normalized spacial score (nSPS) is 26.5. The molecule has 3 fully saturated rings. The number of hydrogen-bond acceptors (Lipinski definition) is 3. The molecule has 25 heavy (non-hydrogen) atoms. The number of piperidine rings is 1. The lowest BCUT2D eigenvalue weighted by atomic mass is 9.88. The summed E-state index contributed by atoms with van der Waals surface area (Å²) in [6.45, 7) is 2.61. The highest BCUT2D eigenvalue weighted by Gasteiger charge is 2.38. The van der Waals surface area contributed by atoms with E-state index in [0.29, 0.717) is 17.7 Å². The van der Waals surface area contributed by atoms with Gasteiger partial charge in [0.25, 0.3) is 0 Å². The Morgan fingerprint density at radius 2 is 1.88 bits per heavy atom. The van der Waals surface area contributed by atoms with Crippen LogP contribution in [0.1, 0.15) is 37.7 Å². The van der Waals surface area contributed by atoms with Crippen LogP contribution in [0.2, 0.25) is 0 Å². The number of carbonyl (C=O) groups is 1. The summed E-state index contributed by atoms with van der Waals surface area (Å²) >= 11 is 0. The highest BCUT2D eigenvalue weighted by Crippen LogP contribution is 2.35. The molecule has 4 rings (SSSR count). The zero-order valence-corrected chi connectivity index (χ0v) is 15.2. The predicted molar refractivity (Wildman–Crippen MR) is 96.6 cm³/mol. The summed E-state index contributed by atoms with van der Waals surface area (Å²) in [6, 6.07) is 8.31. The lowest BCUT2D eigenvalue weighted by Gasteiger charge is -2.39. The fourth-order valence-corrected chi connectivity index (χ4v) is 3.82. The molecule has 1 aliphatic heterocycles. The maximum absolute atomic E-state index is 12.5. The molecule has 3 aliphatic rings. The number of benzene rings is 1. The van der Waals surface area contributed by atoms with E-state index in [1.165, 1.54) is 18.4 Å². The van der Waals surface area contributed by atoms with Gasteiger partial charge in [0.05, 0.1) is 13.2 Å². The maximum Gasteiger partial charge on any atom is 0.225 e. The number of carbonyl (C=O) groups excluding carboxylic acids is 1. The molecule has 1 saturated heterocycles. The van der Waals surface area contributed by atoms with Crippen molar-refractivity contribution < 1.29 is 14.3 Å². The van der Waals surface area contributed by atoms with Crippen molar-refractivity contribution in [1.82, 2.24) is 4.90 Å². The van der Waals surface area contributed by atoms with Gasteiger partial charge in [0.15, 0.2) is 0 Å². The molecule has 136 valence electrons. The standard InChI is InChI=1S/C21H29NO3/c1-24-19-8-4-15(5-9-19)12-18-13-22(21(23)17-6-7-17)11-10-20(18)25-14-16-2-3-16/h4-5,8-9,16-18,20H,2-3,6-7,10-14H2,1H3/t18-,20-/m1/s1. The minimum Gasteiger partial charge on any atom is -0.497 e. The van der Waals surface area contributed by atoms with Gasteiger partial charge in [-0.3, -0.25) is 4.79 Å². The summed E-state index contributed by atoms with van der Waals surface area (Å²) < 4.78 is 11.5. The quantitative estimate of drug-likeness (QED) is 0.762. The summed E-state index contributed by atoms with van der Waals surface area (Å²) in [5, 5.41) is 0. The summed E-state index contributed by atoms with van der Waals surface area (Å²) in [4.78, 5) is 14.6. The molecule has 0 N–H and O–H groups in total. The molecule has 1 aromatic carbocycles. The zero-order chi connectivity index (χ0) is 17.2. The van der Waals surface area contributed by atoms with Crippen molar-refractivity contribution in [2.75, 3.05) is 26.8 Å². The molecule has 0 unspecified atom stereocenters. The number of amides is 1. The minimum atomic E-state index is 0.283. The number of likely N-dealkylation sites (tertiary alicyclic amines) is 1. The van der Waals surface area contributed by atoms with Gasteiger partial charge >= 0.3 is 0 Å². The Morgan fingerprint density at radius 3 is 2.52 bits per heavy atom. The molecule has 2 atom stereocenters. The van der Waals surface area contributed by atoms with Gasteiger partial charge in [-0.15, -0.1) is 0 Å². The van der Waals surface area contributed by atoms with E-state index in [1.54, 1.807) is 7.11 Å². The fourth-order valence-electron chi connectivity index (χ4n) is 3.82. The van der Waals surface area contributed by atoms with Gasteiger partial charge in [-0.05, 0) is 62.1 Å². The lowest BCUT2D eigenvalue weighted by molar-refractivity contribution is -0.137. The Bertz CT molecular complexity index is 592. The number of rotatable bonds is 7. The van der Waals surface area contributed by atoms with Crippen molar-refractivity contribution >= 4 is 5.91 Å². The second kappa shape index (κ2) is 7.36. The summed E-state index contributed by atoms with van der Waals surface area (Å²) in [5.74, 6) is 2.75. The van der Waals surface area contributed by atoms with Crippen molar-refractivity contribution in [3.63, 3.8) is 0 Å². The van der Waals surface area contributed by atoms with Crippen LogP contribution in [0.15, 0.2) is 24.3 Å². The first-order valence-electron chi connectivity index (χ1n) is 9.76. The minimum absolute atomic E-state index is 0.283. The van der Waals surface area contributed by atoms with Crippen molar-refractivity contribution in [2.45, 2.75) is 44.6 Å². The SMILES string of the molecule is COc1ccc(C[C@@H]2CN(C(=O)C3CC3)CC[C@H]2OCC2CC2)cc1. The molecule has 4 nitrogen and oxygen atoms in total. The molecule has 0 aromatic heterocycles. The van der Waals surface area contributed by atoms with Gasteiger partial charge in [-0.2, -0.15) is 0 Å². The van der Waals surface area contributed by atoms with E-state index in [9.17, 15) is 4.79 Å². The molecule has 2 aliphatic carbocycles. The van der Waals surface area contributed by atoms with Gasteiger partial charge in [0.1, 0.15) is 5.75 Å². The topological polar surface area (TPSA) is 38.8 Å². The van der Waals surface area contributed by atoms with Gasteiger partial charge in [-0.25, -0.2) is 0 Å². The van der Waals surface area contributed by atoms with Crippen LogP contribution < -0.4 is 4.74 Å². The third-order valence-electron chi connectivity index (χ3n) is 5.80. The third-order valence-corrected chi connectivity index (χ3v) is 5.80. The van der Waals surface area contributed by atoms with Crippen LogP contribution in [0.3, 0.4) is 0 Å². The Morgan fingerprint density at radius 1 is 1.12 bits per heavy atom. The smallest absolute Gasteiger partial charge is 0.225 e. The largest absolute Gasteiger partial charge is 0.497 e. The molecule has 1 amide bonds. The molecular weight excluding hydrogens is 314 g/mol. The first-order valence-corrected chi connectivity index (χ1v) is 9.76. The molecule has 4 heteroatoms. The van der Waals surface area contributed by atoms with Gasteiger partial charge < -0.3 is 14.4 Å². The second-order valence-electron chi connectivity index (χ2n) is 7.97. The average Bonchev–Trinajstić information content (AvgIpc) is 3.54. The van der Waals surface area contributed by atoms with Crippen molar-refractivity contribution in [2.24, 2.45) is 17.8 Å². The van der Waals surface area contributed by atoms with E-state index < -0.39 is 0 Å². The van der Waals surface area contributed by atoms with Crippen LogP contribution >= 0.6 is 0 Å². The number of methoxy groups -OCH3 is 1. The Hall–Kier alpha value is -1.55. The van der Waals surface area contributed by atoms with Crippen LogP contribution in [0.4, 0.5) is 0 Å². The van der Waals surface area contributed by atoms with E-state index in [2.05, 4.69) is 17.0 Å². The van der Waals surface area contributed by atoms with Crippen LogP contribution in [-0.2, 0) is 16.0 Å². The molecule has 1 heterocycles. The van der Waals surface area contributed by atoms with Crippen LogP contribution in [0.25, 0.3) is 0 Å². The van der Waals surface area contributed by atoms with Crippen molar-refractivity contribution in [3.05, 3.63) is 29.8 Å². The predicted octanol–water partition coefficient (Wildman–Crippen LogP) is 3.29. The highest BCUT2D eigenvalue weighted by atomic mass is 16.5.